The minimum atomic E-state index is 0.142. The van der Waals surface area contributed by atoms with Crippen molar-refractivity contribution in [2.45, 2.75) is 25.3 Å². The van der Waals surface area contributed by atoms with Crippen LogP contribution in [-0.4, -0.2) is 36.5 Å². The number of amides is 1. The number of nitrogens with zero attached hydrogens (tertiary/aromatic N) is 1. The number of hydrogen-bond donors (Lipinski definition) is 1. The molecule has 5 heteroatoms. The van der Waals surface area contributed by atoms with E-state index in [-0.39, 0.29) is 11.9 Å². The fourth-order valence-corrected chi connectivity index (χ4v) is 2.33. The average molecular weight is 283 g/mol. The zero-order valence-electron chi connectivity index (χ0n) is 10.8. The lowest BCUT2D eigenvalue weighted by Crippen LogP contribution is -2.31. The number of halogens is 1. The topological polar surface area (TPSA) is 55.6 Å². The minimum Gasteiger partial charge on any atom is -0.492 e. The van der Waals surface area contributed by atoms with Crippen LogP contribution in [0.1, 0.15) is 19.3 Å². The first kappa shape index (κ1) is 14.2. The number of benzene rings is 1. The molecule has 104 valence electrons. The molecule has 1 aromatic carbocycles. The Balaban J connectivity index is 1.67. The molecule has 0 saturated carbocycles. The quantitative estimate of drug-likeness (QED) is 0.841. The van der Waals surface area contributed by atoms with Gasteiger partial charge in [0.15, 0.2) is 0 Å². The van der Waals surface area contributed by atoms with Gasteiger partial charge in [0, 0.05) is 25.6 Å². The van der Waals surface area contributed by atoms with Gasteiger partial charge in [-0.25, -0.2) is 0 Å². The third kappa shape index (κ3) is 4.11. The number of carbonyl (C=O) groups excluding carboxylic acids is 1. The summed E-state index contributed by atoms with van der Waals surface area (Å²) >= 11 is 5.97. The molecule has 1 saturated heterocycles. The van der Waals surface area contributed by atoms with Crippen LogP contribution in [-0.2, 0) is 4.79 Å². The molecule has 1 amide bonds. The summed E-state index contributed by atoms with van der Waals surface area (Å²) in [4.78, 5) is 13.7. The summed E-state index contributed by atoms with van der Waals surface area (Å²) in [5.41, 5.74) is 5.78. The van der Waals surface area contributed by atoms with Crippen LogP contribution in [0.3, 0.4) is 0 Å². The van der Waals surface area contributed by atoms with Crippen molar-refractivity contribution in [2.75, 3.05) is 19.7 Å². The fourth-order valence-electron chi connectivity index (χ4n) is 2.14. The van der Waals surface area contributed by atoms with E-state index >= 15 is 0 Å². The van der Waals surface area contributed by atoms with Crippen molar-refractivity contribution in [3.63, 3.8) is 0 Å². The highest BCUT2D eigenvalue weighted by Gasteiger charge is 2.22. The van der Waals surface area contributed by atoms with Gasteiger partial charge >= 0.3 is 0 Å². The van der Waals surface area contributed by atoms with Gasteiger partial charge in [-0.3, -0.25) is 4.79 Å². The first-order valence-electron chi connectivity index (χ1n) is 6.57. The molecule has 4 nitrogen and oxygen atoms in total. The monoisotopic (exact) mass is 282 g/mol. The van der Waals surface area contributed by atoms with Crippen molar-refractivity contribution in [2.24, 2.45) is 5.73 Å². The van der Waals surface area contributed by atoms with E-state index in [1.54, 1.807) is 6.07 Å². The van der Waals surface area contributed by atoms with Crippen molar-refractivity contribution >= 4 is 17.5 Å². The van der Waals surface area contributed by atoms with Gasteiger partial charge in [-0.1, -0.05) is 23.7 Å². The summed E-state index contributed by atoms with van der Waals surface area (Å²) in [5.74, 6) is 0.829. The van der Waals surface area contributed by atoms with Crippen molar-refractivity contribution in [3.05, 3.63) is 29.3 Å². The Bertz CT molecular complexity index is 439. The lowest BCUT2D eigenvalue weighted by atomic mass is 10.3. The molecule has 1 aromatic rings. The average Bonchev–Trinajstić information content (AvgIpc) is 2.83. The number of ether oxygens (including phenoxy) is 1. The van der Waals surface area contributed by atoms with Crippen LogP contribution in [0.2, 0.25) is 5.02 Å². The van der Waals surface area contributed by atoms with Gasteiger partial charge in [0.2, 0.25) is 5.91 Å². The van der Waals surface area contributed by atoms with E-state index in [4.69, 9.17) is 22.1 Å². The number of carbonyl (C=O) groups is 1. The van der Waals surface area contributed by atoms with Crippen molar-refractivity contribution in [3.8, 4) is 5.75 Å². The Hall–Kier alpha value is -1.26. The van der Waals surface area contributed by atoms with E-state index in [9.17, 15) is 4.79 Å². The number of rotatable bonds is 5. The van der Waals surface area contributed by atoms with E-state index in [0.717, 1.165) is 13.0 Å². The predicted molar refractivity (Wildman–Crippen MR) is 75.4 cm³/mol. The maximum absolute atomic E-state index is 11.9. The van der Waals surface area contributed by atoms with Crippen LogP contribution in [0.15, 0.2) is 24.3 Å². The van der Waals surface area contributed by atoms with Crippen molar-refractivity contribution in [1.82, 2.24) is 4.90 Å². The summed E-state index contributed by atoms with van der Waals surface area (Å²) in [6, 6.07) is 7.48. The molecule has 0 bridgehead atoms. The van der Waals surface area contributed by atoms with Gasteiger partial charge in [-0.05, 0) is 25.0 Å². The summed E-state index contributed by atoms with van der Waals surface area (Å²) in [7, 11) is 0. The summed E-state index contributed by atoms with van der Waals surface area (Å²) < 4.78 is 5.54. The molecule has 0 unspecified atom stereocenters. The molecule has 1 atom stereocenters. The Labute approximate surface area is 118 Å². The molecule has 0 radical (unpaired) electrons. The van der Waals surface area contributed by atoms with Crippen LogP contribution in [0.25, 0.3) is 0 Å². The maximum Gasteiger partial charge on any atom is 0.222 e. The van der Waals surface area contributed by atoms with Gasteiger partial charge in [-0.15, -0.1) is 0 Å². The Morgan fingerprint density at radius 1 is 1.47 bits per heavy atom. The number of hydrogen-bond acceptors (Lipinski definition) is 3. The van der Waals surface area contributed by atoms with Gasteiger partial charge in [-0.2, -0.15) is 0 Å². The lowest BCUT2D eigenvalue weighted by molar-refractivity contribution is -0.130. The van der Waals surface area contributed by atoms with Gasteiger partial charge in [0.25, 0.3) is 0 Å². The standard InChI is InChI=1S/C14H19ClN2O2/c15-12-4-1-2-5-13(12)19-9-3-6-14(18)17-8-7-11(16)10-17/h1-2,4-5,11H,3,6-10,16H2/t11-/m0/s1. The first-order valence-corrected chi connectivity index (χ1v) is 6.95. The van der Waals surface area contributed by atoms with Gasteiger partial charge < -0.3 is 15.4 Å². The largest absolute Gasteiger partial charge is 0.492 e. The molecule has 0 aliphatic carbocycles. The number of para-hydroxylation sites is 1. The predicted octanol–water partition coefficient (Wildman–Crippen LogP) is 2.06. The normalized spacial score (nSPS) is 18.6. The third-order valence-electron chi connectivity index (χ3n) is 3.21. The highest BCUT2D eigenvalue weighted by molar-refractivity contribution is 6.32. The number of nitrogens with two attached hydrogens (primary N) is 1. The minimum absolute atomic E-state index is 0.142. The van der Waals surface area contributed by atoms with Gasteiger partial charge in [0.1, 0.15) is 5.75 Å². The molecule has 2 rings (SSSR count). The van der Waals surface area contributed by atoms with E-state index in [0.29, 0.717) is 36.8 Å². The second-order valence-electron chi connectivity index (χ2n) is 4.77. The van der Waals surface area contributed by atoms with Crippen molar-refractivity contribution < 1.29 is 9.53 Å². The summed E-state index contributed by atoms with van der Waals surface area (Å²) in [6.45, 7) is 1.96. The molecule has 0 aromatic heterocycles. The third-order valence-corrected chi connectivity index (χ3v) is 3.52. The first-order chi connectivity index (χ1) is 9.16. The molecule has 1 heterocycles. The zero-order chi connectivity index (χ0) is 13.7. The highest BCUT2D eigenvalue weighted by atomic mass is 35.5. The van der Waals surface area contributed by atoms with Crippen LogP contribution < -0.4 is 10.5 Å². The molecular formula is C14H19ClN2O2. The molecular weight excluding hydrogens is 264 g/mol. The van der Waals surface area contributed by atoms with Crippen LogP contribution in [0.5, 0.6) is 5.75 Å². The highest BCUT2D eigenvalue weighted by Crippen LogP contribution is 2.23. The fraction of sp³-hybridized carbons (Fsp3) is 0.500. The molecule has 0 spiro atoms. The lowest BCUT2D eigenvalue weighted by Gasteiger charge is -2.15. The zero-order valence-corrected chi connectivity index (χ0v) is 11.6. The molecule has 1 aliphatic heterocycles. The second-order valence-corrected chi connectivity index (χ2v) is 5.18. The number of likely N-dealkylation sites (tertiary alicyclic amines) is 1. The maximum atomic E-state index is 11.9. The second kappa shape index (κ2) is 6.78. The van der Waals surface area contributed by atoms with Crippen LogP contribution in [0.4, 0.5) is 0 Å². The van der Waals surface area contributed by atoms with E-state index in [1.165, 1.54) is 0 Å². The Morgan fingerprint density at radius 3 is 2.95 bits per heavy atom. The summed E-state index contributed by atoms with van der Waals surface area (Å²) in [5, 5.41) is 0.597. The van der Waals surface area contributed by atoms with Gasteiger partial charge in [0.05, 0.1) is 11.6 Å². The summed E-state index contributed by atoms with van der Waals surface area (Å²) in [6.07, 6.45) is 2.09. The molecule has 1 aliphatic rings. The Morgan fingerprint density at radius 2 is 2.26 bits per heavy atom. The molecule has 1 fully saturated rings. The van der Waals surface area contributed by atoms with Crippen molar-refractivity contribution in [1.29, 1.82) is 0 Å². The molecule has 2 N–H and O–H groups in total. The van der Waals surface area contributed by atoms with E-state index in [1.807, 2.05) is 23.1 Å². The molecule has 19 heavy (non-hydrogen) atoms. The smallest absolute Gasteiger partial charge is 0.222 e. The van der Waals surface area contributed by atoms with E-state index in [2.05, 4.69) is 0 Å². The van der Waals surface area contributed by atoms with E-state index < -0.39 is 0 Å². The Kier molecular flexibility index (Phi) is 5.05. The SMILES string of the molecule is N[C@H]1CCN(C(=O)CCCOc2ccccc2Cl)C1. The van der Waals surface area contributed by atoms with Crippen LogP contribution >= 0.6 is 11.6 Å². The van der Waals surface area contributed by atoms with Crippen LogP contribution in [0, 0.1) is 0 Å².